The van der Waals surface area contributed by atoms with Crippen LogP contribution in [0.25, 0.3) is 0 Å². The van der Waals surface area contributed by atoms with Gasteiger partial charge in [0.05, 0.1) is 12.4 Å². The zero-order valence-electron chi connectivity index (χ0n) is 7.66. The van der Waals surface area contributed by atoms with Crippen LogP contribution in [0, 0.1) is 0 Å². The molecule has 0 amide bonds. The fraction of sp³-hybridized carbons (Fsp3) is 0.300. The van der Waals surface area contributed by atoms with Gasteiger partial charge in [0.25, 0.3) is 0 Å². The molecule has 13 heavy (non-hydrogen) atoms. The van der Waals surface area contributed by atoms with Crippen LogP contribution in [0.15, 0.2) is 30.6 Å². The van der Waals surface area contributed by atoms with E-state index in [0.29, 0.717) is 12.0 Å². The number of ketones is 1. The molecule has 0 atom stereocenters. The lowest BCUT2D eigenvalue weighted by Gasteiger charge is -1.98. The van der Waals surface area contributed by atoms with Gasteiger partial charge in [-0.15, -0.1) is 6.58 Å². The van der Waals surface area contributed by atoms with Gasteiger partial charge in [-0.3, -0.25) is 4.79 Å². The summed E-state index contributed by atoms with van der Waals surface area (Å²) in [7, 11) is 0. The van der Waals surface area contributed by atoms with Gasteiger partial charge in [-0.05, 0) is 19.4 Å². The predicted octanol–water partition coefficient (Wildman–Crippen LogP) is 2.02. The van der Waals surface area contributed by atoms with Crippen molar-refractivity contribution >= 4 is 5.78 Å². The Morgan fingerprint density at radius 3 is 2.77 bits per heavy atom. The number of nitrogens with zero attached hydrogens (tertiary/aromatic N) is 2. The molecule has 3 heteroatoms. The molecule has 1 aromatic heterocycles. The summed E-state index contributed by atoms with van der Waals surface area (Å²) in [5.41, 5.74) is 1.65. The lowest BCUT2D eigenvalue weighted by molar-refractivity contribution is 0.0982. The maximum absolute atomic E-state index is 11.4. The minimum atomic E-state index is 0.0953. The summed E-state index contributed by atoms with van der Waals surface area (Å²) < 4.78 is 0. The minimum Gasteiger partial charge on any atom is -0.294 e. The highest BCUT2D eigenvalue weighted by Gasteiger charge is 2.04. The fourth-order valence-corrected chi connectivity index (χ4v) is 0.927. The zero-order valence-corrected chi connectivity index (χ0v) is 7.66. The Kier molecular flexibility index (Phi) is 3.31. The van der Waals surface area contributed by atoms with Gasteiger partial charge in [0.1, 0.15) is 0 Å². The first kappa shape index (κ1) is 9.58. The molecule has 0 aliphatic rings. The Balaban J connectivity index is 2.54. The molecular weight excluding hydrogens is 164 g/mol. The van der Waals surface area contributed by atoms with Gasteiger partial charge >= 0.3 is 0 Å². The average Bonchev–Trinajstić information content (AvgIpc) is 2.15. The van der Waals surface area contributed by atoms with E-state index in [-0.39, 0.29) is 5.78 Å². The first-order valence-corrected chi connectivity index (χ1v) is 4.14. The molecule has 0 fully saturated rings. The van der Waals surface area contributed by atoms with Crippen molar-refractivity contribution in [3.63, 3.8) is 0 Å². The lowest BCUT2D eigenvalue weighted by Crippen LogP contribution is -1.99. The SMILES string of the molecule is C=C(C)CCC(=O)c1ccnnc1. The van der Waals surface area contributed by atoms with Crippen LogP contribution >= 0.6 is 0 Å². The van der Waals surface area contributed by atoms with Crippen LogP contribution in [-0.2, 0) is 0 Å². The van der Waals surface area contributed by atoms with Crippen LogP contribution < -0.4 is 0 Å². The minimum absolute atomic E-state index is 0.0953. The van der Waals surface area contributed by atoms with E-state index in [4.69, 9.17) is 0 Å². The second-order valence-corrected chi connectivity index (χ2v) is 3.01. The van der Waals surface area contributed by atoms with Crippen molar-refractivity contribution in [2.24, 2.45) is 0 Å². The monoisotopic (exact) mass is 176 g/mol. The summed E-state index contributed by atoms with van der Waals surface area (Å²) in [4.78, 5) is 11.4. The Bertz CT molecular complexity index is 306. The van der Waals surface area contributed by atoms with Crippen LogP contribution in [0.1, 0.15) is 30.1 Å². The second-order valence-electron chi connectivity index (χ2n) is 3.01. The lowest BCUT2D eigenvalue weighted by atomic mass is 10.1. The predicted molar refractivity (Wildman–Crippen MR) is 50.4 cm³/mol. The van der Waals surface area contributed by atoms with Crippen LogP contribution in [0.5, 0.6) is 0 Å². The summed E-state index contributed by atoms with van der Waals surface area (Å²) in [5, 5.41) is 7.24. The molecule has 0 aliphatic heterocycles. The van der Waals surface area contributed by atoms with E-state index in [1.807, 2.05) is 6.92 Å². The van der Waals surface area contributed by atoms with Crippen molar-refractivity contribution in [2.45, 2.75) is 19.8 Å². The highest BCUT2D eigenvalue weighted by molar-refractivity contribution is 5.95. The van der Waals surface area contributed by atoms with Gasteiger partial charge in [0.2, 0.25) is 0 Å². The summed E-state index contributed by atoms with van der Waals surface area (Å²) in [6, 6.07) is 1.67. The molecule has 0 aromatic carbocycles. The number of carbonyl (C=O) groups excluding carboxylic acids is 1. The molecule has 0 saturated heterocycles. The quantitative estimate of drug-likeness (QED) is 0.520. The molecule has 1 aromatic rings. The molecule has 0 aliphatic carbocycles. The van der Waals surface area contributed by atoms with E-state index < -0.39 is 0 Å². The van der Waals surface area contributed by atoms with Crippen LogP contribution in [-0.4, -0.2) is 16.0 Å². The number of allylic oxidation sites excluding steroid dienone is 1. The number of hydrogen-bond acceptors (Lipinski definition) is 3. The first-order valence-electron chi connectivity index (χ1n) is 4.14. The third-order valence-corrected chi connectivity index (χ3v) is 1.69. The fourth-order valence-electron chi connectivity index (χ4n) is 0.927. The standard InChI is InChI=1S/C10H12N2O/c1-8(2)3-4-10(13)9-5-6-11-12-7-9/h5-7H,1,3-4H2,2H3. The highest BCUT2D eigenvalue weighted by Crippen LogP contribution is 2.06. The van der Waals surface area contributed by atoms with Gasteiger partial charge in [-0.25, -0.2) is 0 Å². The Labute approximate surface area is 77.5 Å². The third kappa shape index (κ3) is 3.15. The van der Waals surface area contributed by atoms with Crippen molar-refractivity contribution in [1.29, 1.82) is 0 Å². The van der Waals surface area contributed by atoms with Crippen molar-refractivity contribution in [3.8, 4) is 0 Å². The zero-order chi connectivity index (χ0) is 9.68. The summed E-state index contributed by atoms with van der Waals surface area (Å²) in [6.07, 6.45) is 4.25. The van der Waals surface area contributed by atoms with Gasteiger partial charge in [0, 0.05) is 12.0 Å². The molecule has 0 N–H and O–H groups in total. The van der Waals surface area contributed by atoms with Crippen LogP contribution in [0.4, 0.5) is 0 Å². The van der Waals surface area contributed by atoms with E-state index >= 15 is 0 Å². The second kappa shape index (κ2) is 4.50. The normalized spacial score (nSPS) is 9.62. The number of rotatable bonds is 4. The first-order chi connectivity index (χ1) is 6.20. The van der Waals surface area contributed by atoms with E-state index in [1.165, 1.54) is 12.4 Å². The Hall–Kier alpha value is -1.51. The summed E-state index contributed by atoms with van der Waals surface area (Å²) >= 11 is 0. The maximum atomic E-state index is 11.4. The van der Waals surface area contributed by atoms with E-state index in [9.17, 15) is 4.79 Å². The topological polar surface area (TPSA) is 42.9 Å². The molecule has 1 rings (SSSR count). The molecule has 68 valence electrons. The summed E-state index contributed by atoms with van der Waals surface area (Å²) in [6.45, 7) is 5.66. The molecule has 0 bridgehead atoms. The van der Waals surface area contributed by atoms with Gasteiger partial charge < -0.3 is 0 Å². The van der Waals surface area contributed by atoms with Crippen molar-refractivity contribution in [2.75, 3.05) is 0 Å². The molecule has 0 spiro atoms. The van der Waals surface area contributed by atoms with Crippen LogP contribution in [0.2, 0.25) is 0 Å². The van der Waals surface area contributed by atoms with Crippen LogP contribution in [0.3, 0.4) is 0 Å². The Morgan fingerprint density at radius 2 is 2.23 bits per heavy atom. The van der Waals surface area contributed by atoms with E-state index in [2.05, 4.69) is 16.8 Å². The molecule has 1 heterocycles. The number of aromatic nitrogens is 2. The van der Waals surface area contributed by atoms with Crippen molar-refractivity contribution in [1.82, 2.24) is 10.2 Å². The highest BCUT2D eigenvalue weighted by atomic mass is 16.1. The molecule has 0 saturated carbocycles. The molecule has 0 radical (unpaired) electrons. The van der Waals surface area contributed by atoms with Gasteiger partial charge in [-0.2, -0.15) is 10.2 Å². The van der Waals surface area contributed by atoms with E-state index in [1.54, 1.807) is 6.07 Å². The number of Topliss-reactive ketones (excluding diaryl/α,β-unsaturated/α-hetero) is 1. The summed E-state index contributed by atoms with van der Waals surface area (Å²) in [5.74, 6) is 0.0953. The number of hydrogen-bond donors (Lipinski definition) is 0. The molecule has 0 unspecified atom stereocenters. The van der Waals surface area contributed by atoms with Gasteiger partial charge in [0.15, 0.2) is 5.78 Å². The van der Waals surface area contributed by atoms with Gasteiger partial charge in [-0.1, -0.05) is 5.57 Å². The average molecular weight is 176 g/mol. The molecule has 3 nitrogen and oxygen atoms in total. The van der Waals surface area contributed by atoms with Crippen molar-refractivity contribution in [3.05, 3.63) is 36.2 Å². The smallest absolute Gasteiger partial charge is 0.164 e. The van der Waals surface area contributed by atoms with E-state index in [0.717, 1.165) is 12.0 Å². The largest absolute Gasteiger partial charge is 0.294 e. The Morgan fingerprint density at radius 1 is 1.46 bits per heavy atom. The maximum Gasteiger partial charge on any atom is 0.164 e. The molecular formula is C10H12N2O. The number of carbonyl (C=O) groups is 1. The third-order valence-electron chi connectivity index (χ3n) is 1.69. The van der Waals surface area contributed by atoms with Crippen molar-refractivity contribution < 1.29 is 4.79 Å².